The van der Waals surface area contributed by atoms with Crippen LogP contribution in [0.2, 0.25) is 0 Å². The van der Waals surface area contributed by atoms with Crippen molar-refractivity contribution in [2.75, 3.05) is 20.1 Å². The molecule has 1 aromatic carbocycles. The number of hydrogen-bond donors (Lipinski definition) is 2. The smallest absolute Gasteiger partial charge is 0.191 e. The Bertz CT molecular complexity index is 770. The van der Waals surface area contributed by atoms with Gasteiger partial charge in [-0.1, -0.05) is 6.07 Å². The van der Waals surface area contributed by atoms with Gasteiger partial charge in [-0.2, -0.15) is 5.10 Å². The summed E-state index contributed by atoms with van der Waals surface area (Å²) in [6.07, 6.45) is 3.43. The summed E-state index contributed by atoms with van der Waals surface area (Å²) in [5.41, 5.74) is 0.128. The van der Waals surface area contributed by atoms with E-state index in [0.717, 1.165) is 25.2 Å². The maximum Gasteiger partial charge on any atom is 0.191 e. The van der Waals surface area contributed by atoms with Crippen molar-refractivity contribution in [1.82, 2.24) is 30.3 Å². The lowest BCUT2D eigenvalue weighted by atomic mass is 10.0. The molecule has 1 unspecified atom stereocenters. The van der Waals surface area contributed by atoms with Crippen LogP contribution in [0.4, 0.5) is 8.78 Å². The summed E-state index contributed by atoms with van der Waals surface area (Å²) in [6, 6.07) is 4.15. The number of aryl methyl sites for hydroxylation is 1. The third-order valence-electron chi connectivity index (χ3n) is 4.73. The van der Waals surface area contributed by atoms with Crippen LogP contribution in [0.15, 0.2) is 29.5 Å². The van der Waals surface area contributed by atoms with Gasteiger partial charge in [0.15, 0.2) is 5.96 Å². The van der Waals surface area contributed by atoms with Crippen LogP contribution < -0.4 is 10.6 Å². The topological polar surface area (TPSA) is 70.4 Å². The first-order valence-corrected chi connectivity index (χ1v) is 9.02. The van der Waals surface area contributed by atoms with E-state index in [4.69, 9.17) is 0 Å². The van der Waals surface area contributed by atoms with Crippen LogP contribution >= 0.6 is 0 Å². The molecule has 9 heteroatoms. The Morgan fingerprint density at radius 3 is 2.78 bits per heavy atom. The summed E-state index contributed by atoms with van der Waals surface area (Å²) in [5.74, 6) is 0.484. The number of piperidine rings is 1. The molecule has 146 valence electrons. The lowest BCUT2D eigenvalue weighted by Crippen LogP contribution is -2.51. The Morgan fingerprint density at radius 2 is 2.11 bits per heavy atom. The molecule has 27 heavy (non-hydrogen) atoms. The van der Waals surface area contributed by atoms with Gasteiger partial charge in [0.25, 0.3) is 0 Å². The monoisotopic (exact) mass is 377 g/mol. The van der Waals surface area contributed by atoms with E-state index < -0.39 is 11.6 Å². The Hall–Kier alpha value is -2.55. The van der Waals surface area contributed by atoms with Crippen molar-refractivity contribution in [3.63, 3.8) is 0 Å². The van der Waals surface area contributed by atoms with Crippen LogP contribution in [0.1, 0.15) is 24.2 Å². The molecule has 0 radical (unpaired) electrons. The highest BCUT2D eigenvalue weighted by molar-refractivity contribution is 5.79. The summed E-state index contributed by atoms with van der Waals surface area (Å²) in [6.45, 7) is 2.28. The quantitative estimate of drug-likeness (QED) is 0.609. The minimum Gasteiger partial charge on any atom is -0.352 e. The molecular weight excluding hydrogens is 352 g/mol. The summed E-state index contributed by atoms with van der Waals surface area (Å²) in [4.78, 5) is 10.5. The lowest BCUT2D eigenvalue weighted by molar-refractivity contribution is 0.188. The molecule has 2 heterocycles. The summed E-state index contributed by atoms with van der Waals surface area (Å²) in [5, 5.41) is 10.6. The zero-order valence-electron chi connectivity index (χ0n) is 15.6. The summed E-state index contributed by atoms with van der Waals surface area (Å²) >= 11 is 0. The van der Waals surface area contributed by atoms with Crippen molar-refractivity contribution in [1.29, 1.82) is 0 Å². The van der Waals surface area contributed by atoms with E-state index in [1.165, 1.54) is 24.5 Å². The minimum atomic E-state index is -0.494. The van der Waals surface area contributed by atoms with E-state index in [9.17, 15) is 8.78 Å². The highest BCUT2D eigenvalue weighted by Crippen LogP contribution is 2.18. The number of aliphatic imine (C=N–C) groups is 1. The predicted molar refractivity (Wildman–Crippen MR) is 99.0 cm³/mol. The Balaban J connectivity index is 1.55. The minimum absolute atomic E-state index is 0.128. The number of guanidine groups is 1. The molecule has 1 aliphatic heterocycles. The molecule has 0 saturated carbocycles. The number of likely N-dealkylation sites (tertiary alicyclic amines) is 1. The number of rotatable bonds is 5. The second kappa shape index (κ2) is 8.90. The van der Waals surface area contributed by atoms with E-state index in [-0.39, 0.29) is 18.2 Å². The van der Waals surface area contributed by atoms with E-state index in [2.05, 4.69) is 30.6 Å². The van der Waals surface area contributed by atoms with Crippen molar-refractivity contribution >= 4 is 5.96 Å². The molecule has 1 fully saturated rings. The van der Waals surface area contributed by atoms with E-state index in [1.807, 2.05) is 7.05 Å². The Kier molecular flexibility index (Phi) is 6.33. The van der Waals surface area contributed by atoms with Gasteiger partial charge in [-0.05, 0) is 31.5 Å². The zero-order valence-corrected chi connectivity index (χ0v) is 15.6. The molecule has 7 nitrogen and oxygen atoms in total. The van der Waals surface area contributed by atoms with Gasteiger partial charge in [0.05, 0.1) is 6.54 Å². The van der Waals surface area contributed by atoms with E-state index in [0.29, 0.717) is 19.0 Å². The molecule has 0 bridgehead atoms. The second-order valence-corrected chi connectivity index (χ2v) is 6.64. The molecule has 1 aliphatic rings. The van der Waals surface area contributed by atoms with Crippen LogP contribution in [-0.2, 0) is 20.1 Å². The Labute approximate surface area is 157 Å². The van der Waals surface area contributed by atoms with Gasteiger partial charge < -0.3 is 10.6 Å². The van der Waals surface area contributed by atoms with Crippen molar-refractivity contribution < 1.29 is 8.78 Å². The molecule has 2 N–H and O–H groups in total. The number of benzene rings is 1. The number of nitrogens with one attached hydrogen (secondary N) is 2. The van der Waals surface area contributed by atoms with Gasteiger partial charge in [-0.3, -0.25) is 14.6 Å². The molecule has 1 atom stereocenters. The standard InChI is InChI=1S/C18H25F2N7/c1-21-18(22-9-17-23-12-24-26(17)2)25-13-5-4-8-27(10-13)11-14-15(19)6-3-7-16(14)20/h3,6-7,12-13H,4-5,8-11H2,1-2H3,(H2,21,22,25). The molecule has 3 rings (SSSR count). The molecule has 0 aliphatic carbocycles. The fourth-order valence-electron chi connectivity index (χ4n) is 3.25. The average molecular weight is 377 g/mol. The van der Waals surface area contributed by atoms with Crippen molar-refractivity contribution in [2.24, 2.45) is 12.0 Å². The van der Waals surface area contributed by atoms with Gasteiger partial charge in [0.2, 0.25) is 0 Å². The normalized spacial score (nSPS) is 18.5. The molecule has 2 aromatic rings. The van der Waals surface area contributed by atoms with E-state index >= 15 is 0 Å². The molecule has 0 amide bonds. The van der Waals surface area contributed by atoms with Crippen LogP contribution in [-0.4, -0.2) is 51.8 Å². The van der Waals surface area contributed by atoms with Crippen molar-refractivity contribution in [2.45, 2.75) is 32.0 Å². The Morgan fingerprint density at radius 1 is 1.33 bits per heavy atom. The van der Waals surface area contributed by atoms with Crippen LogP contribution in [0.25, 0.3) is 0 Å². The number of hydrogen-bond acceptors (Lipinski definition) is 4. The third kappa shape index (κ3) is 5.00. The summed E-state index contributed by atoms with van der Waals surface area (Å²) < 4.78 is 29.5. The fourth-order valence-corrected chi connectivity index (χ4v) is 3.25. The molecule has 1 saturated heterocycles. The number of aromatic nitrogens is 3. The number of halogens is 2. The van der Waals surface area contributed by atoms with Gasteiger partial charge in [0, 0.05) is 38.8 Å². The fraction of sp³-hybridized carbons (Fsp3) is 0.500. The zero-order chi connectivity index (χ0) is 19.2. The van der Waals surface area contributed by atoms with Gasteiger partial charge in [-0.15, -0.1) is 0 Å². The third-order valence-corrected chi connectivity index (χ3v) is 4.73. The first kappa shape index (κ1) is 19.2. The van der Waals surface area contributed by atoms with Crippen molar-refractivity contribution in [3.05, 3.63) is 47.5 Å². The van der Waals surface area contributed by atoms with Gasteiger partial charge in [0.1, 0.15) is 23.8 Å². The highest BCUT2D eigenvalue weighted by atomic mass is 19.1. The van der Waals surface area contributed by atoms with Crippen LogP contribution in [0.5, 0.6) is 0 Å². The first-order valence-electron chi connectivity index (χ1n) is 9.02. The largest absolute Gasteiger partial charge is 0.352 e. The maximum atomic E-state index is 13.9. The molecular formula is C18H25F2N7. The number of nitrogens with zero attached hydrogens (tertiary/aromatic N) is 5. The van der Waals surface area contributed by atoms with Crippen LogP contribution in [0.3, 0.4) is 0 Å². The SMILES string of the molecule is CN=C(NCc1ncnn1C)NC1CCCN(Cc2c(F)cccc2F)C1. The van der Waals surface area contributed by atoms with Crippen molar-refractivity contribution in [3.8, 4) is 0 Å². The maximum absolute atomic E-state index is 13.9. The lowest BCUT2D eigenvalue weighted by Gasteiger charge is -2.34. The first-order chi connectivity index (χ1) is 13.1. The van der Waals surface area contributed by atoms with Crippen LogP contribution in [0, 0.1) is 11.6 Å². The van der Waals surface area contributed by atoms with Gasteiger partial charge >= 0.3 is 0 Å². The van der Waals surface area contributed by atoms with E-state index in [1.54, 1.807) is 11.7 Å². The predicted octanol–water partition coefficient (Wildman–Crippen LogP) is 1.42. The second-order valence-electron chi connectivity index (χ2n) is 6.64. The van der Waals surface area contributed by atoms with Gasteiger partial charge in [-0.25, -0.2) is 13.8 Å². The highest BCUT2D eigenvalue weighted by Gasteiger charge is 2.22. The summed E-state index contributed by atoms with van der Waals surface area (Å²) in [7, 11) is 3.54. The molecule has 0 spiro atoms. The average Bonchev–Trinajstić information content (AvgIpc) is 3.07. The molecule has 1 aromatic heterocycles.